The number of thioether (sulfide) groups is 1. The van der Waals surface area contributed by atoms with Gasteiger partial charge in [0.05, 0.1) is 0 Å². The van der Waals surface area contributed by atoms with Gasteiger partial charge in [0.2, 0.25) is 0 Å². The van der Waals surface area contributed by atoms with E-state index in [0.717, 1.165) is 28.8 Å². The average Bonchev–Trinajstić information content (AvgIpc) is 3.05. The van der Waals surface area contributed by atoms with Gasteiger partial charge in [-0.15, -0.1) is 10.2 Å². The lowest BCUT2D eigenvalue weighted by Crippen LogP contribution is -2.11. The van der Waals surface area contributed by atoms with Gasteiger partial charge in [0, 0.05) is 22.3 Å². The van der Waals surface area contributed by atoms with E-state index in [2.05, 4.69) is 21.7 Å². The highest BCUT2D eigenvalue weighted by molar-refractivity contribution is 7.98. The molecule has 0 N–H and O–H groups in total. The van der Waals surface area contributed by atoms with Crippen LogP contribution in [0, 0.1) is 0 Å². The molecule has 7 heteroatoms. The van der Waals surface area contributed by atoms with Crippen molar-refractivity contribution in [2.75, 3.05) is 0 Å². The Labute approximate surface area is 167 Å². The molecule has 0 aliphatic rings. The molecule has 2 aromatic carbocycles. The lowest BCUT2D eigenvalue weighted by Gasteiger charge is -2.15. The van der Waals surface area contributed by atoms with Gasteiger partial charge in [-0.1, -0.05) is 59.2 Å². The van der Waals surface area contributed by atoms with Crippen molar-refractivity contribution in [3.8, 4) is 5.75 Å². The number of benzene rings is 2. The number of aromatic nitrogens is 3. The number of para-hydroxylation sites is 1. The molecule has 0 aliphatic carbocycles. The van der Waals surface area contributed by atoms with Crippen LogP contribution < -0.4 is 4.74 Å². The van der Waals surface area contributed by atoms with Gasteiger partial charge in [0.1, 0.15) is 5.75 Å². The van der Waals surface area contributed by atoms with Gasteiger partial charge < -0.3 is 9.30 Å². The molecule has 1 atom stereocenters. The molecule has 0 aliphatic heterocycles. The van der Waals surface area contributed by atoms with Gasteiger partial charge in [0.15, 0.2) is 17.1 Å². The number of halogens is 2. The standard InChI is InChI=1S/C19H19Cl2N3OS/c1-3-24-18(13(2)25-16-7-5-4-6-8-16)22-23-19(24)26-12-14-9-10-15(20)11-17(14)21/h4-11,13H,3,12H2,1-2H3/t13-/m1/s1. The van der Waals surface area contributed by atoms with Crippen LogP contribution in [-0.2, 0) is 12.3 Å². The second-order valence-electron chi connectivity index (χ2n) is 5.68. The molecule has 26 heavy (non-hydrogen) atoms. The molecule has 1 aromatic heterocycles. The van der Waals surface area contributed by atoms with Crippen molar-refractivity contribution in [3.63, 3.8) is 0 Å². The lowest BCUT2D eigenvalue weighted by atomic mass is 10.2. The summed E-state index contributed by atoms with van der Waals surface area (Å²) in [6, 6.07) is 15.3. The van der Waals surface area contributed by atoms with E-state index >= 15 is 0 Å². The maximum absolute atomic E-state index is 6.25. The molecule has 0 spiro atoms. The van der Waals surface area contributed by atoms with Crippen molar-refractivity contribution in [1.29, 1.82) is 0 Å². The molecular weight excluding hydrogens is 389 g/mol. The normalized spacial score (nSPS) is 12.2. The SMILES string of the molecule is CCn1c(SCc2ccc(Cl)cc2Cl)nnc1[C@@H](C)Oc1ccccc1. The average molecular weight is 408 g/mol. The predicted molar refractivity (Wildman–Crippen MR) is 107 cm³/mol. The molecule has 136 valence electrons. The largest absolute Gasteiger partial charge is 0.483 e. The van der Waals surface area contributed by atoms with Crippen LogP contribution in [-0.4, -0.2) is 14.8 Å². The molecular formula is C19H19Cl2N3OS. The molecule has 0 fully saturated rings. The Balaban J connectivity index is 1.73. The Hall–Kier alpha value is -1.69. The first-order chi connectivity index (χ1) is 12.6. The van der Waals surface area contributed by atoms with E-state index in [0.29, 0.717) is 15.8 Å². The highest BCUT2D eigenvalue weighted by Gasteiger charge is 2.19. The molecule has 1 heterocycles. The van der Waals surface area contributed by atoms with E-state index in [9.17, 15) is 0 Å². The highest BCUT2D eigenvalue weighted by Crippen LogP contribution is 2.29. The Kier molecular flexibility index (Phi) is 6.46. The van der Waals surface area contributed by atoms with Crippen molar-refractivity contribution in [3.05, 3.63) is 70.0 Å². The molecule has 0 amide bonds. The lowest BCUT2D eigenvalue weighted by molar-refractivity contribution is 0.210. The van der Waals surface area contributed by atoms with Crippen molar-refractivity contribution in [1.82, 2.24) is 14.8 Å². The van der Waals surface area contributed by atoms with Crippen LogP contribution in [0.25, 0.3) is 0 Å². The first-order valence-corrected chi connectivity index (χ1v) is 10.0. The second-order valence-corrected chi connectivity index (χ2v) is 7.47. The van der Waals surface area contributed by atoms with Crippen molar-refractivity contribution >= 4 is 35.0 Å². The van der Waals surface area contributed by atoms with Crippen LogP contribution in [0.4, 0.5) is 0 Å². The van der Waals surface area contributed by atoms with Crippen LogP contribution in [0.15, 0.2) is 53.7 Å². The highest BCUT2D eigenvalue weighted by atomic mass is 35.5. The summed E-state index contributed by atoms with van der Waals surface area (Å²) in [5.41, 5.74) is 1.02. The first-order valence-electron chi connectivity index (χ1n) is 8.30. The number of hydrogen-bond donors (Lipinski definition) is 0. The summed E-state index contributed by atoms with van der Waals surface area (Å²) in [4.78, 5) is 0. The van der Waals surface area contributed by atoms with Gasteiger partial charge in [0.25, 0.3) is 0 Å². The molecule has 0 unspecified atom stereocenters. The Morgan fingerprint density at radius 2 is 1.88 bits per heavy atom. The van der Waals surface area contributed by atoms with E-state index in [1.807, 2.05) is 49.4 Å². The van der Waals surface area contributed by atoms with Gasteiger partial charge in [-0.25, -0.2) is 0 Å². The Morgan fingerprint density at radius 3 is 2.58 bits per heavy atom. The third-order valence-corrected chi connectivity index (χ3v) is 5.46. The summed E-state index contributed by atoms with van der Waals surface area (Å²) < 4.78 is 8.05. The van der Waals surface area contributed by atoms with Gasteiger partial charge >= 0.3 is 0 Å². The van der Waals surface area contributed by atoms with Crippen molar-refractivity contribution in [2.24, 2.45) is 0 Å². The molecule has 0 saturated heterocycles. The maximum atomic E-state index is 6.25. The molecule has 0 radical (unpaired) electrons. The van der Waals surface area contributed by atoms with Crippen LogP contribution in [0.1, 0.15) is 31.3 Å². The zero-order valence-corrected chi connectivity index (χ0v) is 16.9. The van der Waals surface area contributed by atoms with E-state index < -0.39 is 0 Å². The second kappa shape index (κ2) is 8.80. The summed E-state index contributed by atoms with van der Waals surface area (Å²) in [6.07, 6.45) is -0.196. The quantitative estimate of drug-likeness (QED) is 0.447. The molecule has 3 aromatic rings. The van der Waals surface area contributed by atoms with Crippen molar-refractivity contribution < 1.29 is 4.74 Å². The van der Waals surface area contributed by atoms with E-state index in [1.165, 1.54) is 0 Å². The van der Waals surface area contributed by atoms with Gasteiger partial charge in [-0.05, 0) is 43.7 Å². The fourth-order valence-electron chi connectivity index (χ4n) is 2.54. The summed E-state index contributed by atoms with van der Waals surface area (Å²) in [6.45, 7) is 4.82. The summed E-state index contributed by atoms with van der Waals surface area (Å²) >= 11 is 13.8. The zero-order valence-electron chi connectivity index (χ0n) is 14.5. The number of nitrogens with zero attached hydrogens (tertiary/aromatic N) is 3. The smallest absolute Gasteiger partial charge is 0.191 e. The minimum absolute atomic E-state index is 0.196. The predicted octanol–water partition coefficient (Wildman–Crippen LogP) is 6.04. The Morgan fingerprint density at radius 1 is 1.12 bits per heavy atom. The molecule has 3 rings (SSSR count). The summed E-state index contributed by atoms with van der Waals surface area (Å²) in [5.74, 6) is 2.32. The third kappa shape index (κ3) is 4.53. The maximum Gasteiger partial charge on any atom is 0.191 e. The van der Waals surface area contributed by atoms with Crippen LogP contribution >= 0.6 is 35.0 Å². The Bertz CT molecular complexity index is 870. The molecule has 0 bridgehead atoms. The number of rotatable bonds is 7. The van der Waals surface area contributed by atoms with E-state index in [-0.39, 0.29) is 6.10 Å². The fraction of sp³-hybridized carbons (Fsp3) is 0.263. The topological polar surface area (TPSA) is 39.9 Å². The van der Waals surface area contributed by atoms with Gasteiger partial charge in [-0.2, -0.15) is 0 Å². The van der Waals surface area contributed by atoms with Crippen LogP contribution in [0.2, 0.25) is 10.0 Å². The van der Waals surface area contributed by atoms with Crippen molar-refractivity contribution in [2.45, 2.75) is 37.4 Å². The monoisotopic (exact) mass is 407 g/mol. The fourth-order valence-corrected chi connectivity index (χ4v) is 4.11. The molecule has 0 saturated carbocycles. The van der Waals surface area contributed by atoms with Gasteiger partial charge in [-0.3, -0.25) is 0 Å². The van der Waals surface area contributed by atoms with Crippen LogP contribution in [0.3, 0.4) is 0 Å². The number of ether oxygens (including phenoxy) is 1. The zero-order chi connectivity index (χ0) is 18.5. The number of hydrogen-bond acceptors (Lipinski definition) is 4. The van der Waals surface area contributed by atoms with E-state index in [1.54, 1.807) is 17.8 Å². The minimum atomic E-state index is -0.196. The van der Waals surface area contributed by atoms with Crippen LogP contribution in [0.5, 0.6) is 5.75 Å². The minimum Gasteiger partial charge on any atom is -0.483 e. The summed E-state index contributed by atoms with van der Waals surface area (Å²) in [5, 5.41) is 10.8. The third-order valence-electron chi connectivity index (χ3n) is 3.85. The summed E-state index contributed by atoms with van der Waals surface area (Å²) in [7, 11) is 0. The first kappa shape index (κ1) is 19.1. The van der Waals surface area contributed by atoms with E-state index in [4.69, 9.17) is 27.9 Å². The molecule has 4 nitrogen and oxygen atoms in total.